The average Bonchev–Trinajstić information content (AvgIpc) is 3.04. The number of amides is 2. The molecule has 116 valence electrons. The fourth-order valence-electron chi connectivity index (χ4n) is 2.07. The van der Waals surface area contributed by atoms with Gasteiger partial charge >= 0.3 is 6.03 Å². The van der Waals surface area contributed by atoms with Crippen molar-refractivity contribution >= 4 is 35.2 Å². The number of benzene rings is 1. The molecule has 1 heterocycles. The molecule has 0 fully saturated rings. The highest BCUT2D eigenvalue weighted by molar-refractivity contribution is 7.10. The zero-order valence-corrected chi connectivity index (χ0v) is 12.9. The van der Waals surface area contributed by atoms with E-state index in [1.54, 1.807) is 11.3 Å². The van der Waals surface area contributed by atoms with Crippen molar-refractivity contribution in [3.63, 3.8) is 0 Å². The molecule has 0 bridgehead atoms. The van der Waals surface area contributed by atoms with Gasteiger partial charge in [0.05, 0.1) is 5.69 Å². The standard InChI is InChI=1S/C15H17FN4OS/c1-2-10-8-11(16)9-14(20(18)15(21)19-17)13(10)6-5-12-4-3-7-22-12/h3-9H,2,17-18H2,1H3,(H,19,21)/b6-5+. The highest BCUT2D eigenvalue weighted by Crippen LogP contribution is 2.27. The average molecular weight is 320 g/mol. The molecule has 0 saturated heterocycles. The lowest BCUT2D eigenvalue weighted by atomic mass is 10.0. The van der Waals surface area contributed by atoms with Crippen LogP contribution < -0.4 is 22.1 Å². The Kier molecular flexibility index (Phi) is 5.26. The third-order valence-corrected chi connectivity index (χ3v) is 3.99. The molecule has 5 N–H and O–H groups in total. The van der Waals surface area contributed by atoms with Gasteiger partial charge in [0.15, 0.2) is 0 Å². The third kappa shape index (κ3) is 3.51. The summed E-state index contributed by atoms with van der Waals surface area (Å²) in [4.78, 5) is 12.7. The second kappa shape index (κ2) is 7.17. The summed E-state index contributed by atoms with van der Waals surface area (Å²) < 4.78 is 13.8. The van der Waals surface area contributed by atoms with Gasteiger partial charge in [-0.25, -0.2) is 25.9 Å². The molecule has 1 aromatic carbocycles. The van der Waals surface area contributed by atoms with Crippen LogP contribution in [0.5, 0.6) is 0 Å². The highest BCUT2D eigenvalue weighted by atomic mass is 32.1. The summed E-state index contributed by atoms with van der Waals surface area (Å²) in [5, 5.41) is 2.76. The zero-order chi connectivity index (χ0) is 16.1. The van der Waals surface area contributed by atoms with Gasteiger partial charge in [0, 0.05) is 10.4 Å². The number of nitrogens with one attached hydrogen (secondary N) is 1. The van der Waals surface area contributed by atoms with E-state index < -0.39 is 11.8 Å². The quantitative estimate of drug-likeness (QED) is 0.460. The maximum Gasteiger partial charge on any atom is 0.350 e. The number of hydrogen-bond acceptors (Lipinski definition) is 4. The molecule has 0 atom stereocenters. The van der Waals surface area contributed by atoms with Crippen LogP contribution in [0.25, 0.3) is 12.2 Å². The van der Waals surface area contributed by atoms with E-state index in [0.717, 1.165) is 15.4 Å². The van der Waals surface area contributed by atoms with Gasteiger partial charge in [0.25, 0.3) is 0 Å². The molecule has 0 aliphatic rings. The lowest BCUT2D eigenvalue weighted by Gasteiger charge is -2.20. The van der Waals surface area contributed by atoms with E-state index >= 15 is 0 Å². The first kappa shape index (κ1) is 16.2. The van der Waals surface area contributed by atoms with Gasteiger partial charge in [-0.05, 0) is 41.6 Å². The molecule has 7 heteroatoms. The first-order chi connectivity index (χ1) is 10.6. The largest absolute Gasteiger partial charge is 0.350 e. The van der Waals surface area contributed by atoms with E-state index in [9.17, 15) is 9.18 Å². The Balaban J connectivity index is 2.51. The molecule has 1 aromatic heterocycles. The lowest BCUT2D eigenvalue weighted by molar-refractivity contribution is 0.246. The van der Waals surface area contributed by atoms with Crippen LogP contribution in [0.1, 0.15) is 22.9 Å². The Morgan fingerprint density at radius 1 is 1.45 bits per heavy atom. The van der Waals surface area contributed by atoms with Crippen molar-refractivity contribution < 1.29 is 9.18 Å². The molecule has 2 rings (SSSR count). The topological polar surface area (TPSA) is 84.4 Å². The Hall–Kier alpha value is -2.22. The Morgan fingerprint density at radius 3 is 2.82 bits per heavy atom. The van der Waals surface area contributed by atoms with Gasteiger partial charge in [-0.1, -0.05) is 19.1 Å². The molecule has 0 saturated carbocycles. The number of rotatable bonds is 4. The van der Waals surface area contributed by atoms with Crippen molar-refractivity contribution in [3.8, 4) is 0 Å². The molecule has 0 unspecified atom stereocenters. The number of nitrogens with two attached hydrogens (primary N) is 2. The maximum absolute atomic E-state index is 13.8. The van der Waals surface area contributed by atoms with Crippen molar-refractivity contribution in [2.24, 2.45) is 11.7 Å². The second-order valence-electron chi connectivity index (χ2n) is 4.52. The van der Waals surface area contributed by atoms with Crippen molar-refractivity contribution in [1.82, 2.24) is 5.43 Å². The number of hydrogen-bond donors (Lipinski definition) is 3. The smallest absolute Gasteiger partial charge is 0.274 e. The second-order valence-corrected chi connectivity index (χ2v) is 5.50. The predicted octanol–water partition coefficient (Wildman–Crippen LogP) is 2.88. The number of halogens is 1. The molecule has 2 aromatic rings. The summed E-state index contributed by atoms with van der Waals surface area (Å²) in [7, 11) is 0. The Bertz CT molecular complexity index is 685. The lowest BCUT2D eigenvalue weighted by Crippen LogP contribution is -2.48. The SMILES string of the molecule is CCc1cc(F)cc(N(N)C(=O)NN)c1/C=C/c1cccs1. The van der Waals surface area contributed by atoms with Crippen LogP contribution in [-0.4, -0.2) is 6.03 Å². The van der Waals surface area contributed by atoms with Gasteiger partial charge in [-0.3, -0.25) is 5.43 Å². The van der Waals surface area contributed by atoms with Gasteiger partial charge in [-0.15, -0.1) is 11.3 Å². The van der Waals surface area contributed by atoms with Crippen molar-refractivity contribution in [1.29, 1.82) is 0 Å². The summed E-state index contributed by atoms with van der Waals surface area (Å²) in [5.41, 5.74) is 3.63. The van der Waals surface area contributed by atoms with Crippen LogP contribution in [0.3, 0.4) is 0 Å². The zero-order valence-electron chi connectivity index (χ0n) is 12.0. The fourth-order valence-corrected chi connectivity index (χ4v) is 2.69. The van der Waals surface area contributed by atoms with Crippen LogP contribution in [0.4, 0.5) is 14.9 Å². The van der Waals surface area contributed by atoms with E-state index in [2.05, 4.69) is 0 Å². The molecule has 0 radical (unpaired) electrons. The summed E-state index contributed by atoms with van der Waals surface area (Å²) in [6.45, 7) is 1.91. The van der Waals surface area contributed by atoms with Gasteiger partial charge in [0.2, 0.25) is 0 Å². The first-order valence-electron chi connectivity index (χ1n) is 6.66. The van der Waals surface area contributed by atoms with Gasteiger partial charge in [0.1, 0.15) is 5.82 Å². The fraction of sp³-hybridized carbons (Fsp3) is 0.133. The minimum atomic E-state index is -0.724. The number of hydrazine groups is 2. The van der Waals surface area contributed by atoms with E-state index in [0.29, 0.717) is 12.0 Å². The maximum atomic E-state index is 13.8. The highest BCUT2D eigenvalue weighted by Gasteiger charge is 2.17. The molecule has 0 aliphatic carbocycles. The molecule has 22 heavy (non-hydrogen) atoms. The van der Waals surface area contributed by atoms with Crippen molar-refractivity contribution in [2.45, 2.75) is 13.3 Å². The van der Waals surface area contributed by atoms with Gasteiger partial charge < -0.3 is 0 Å². The van der Waals surface area contributed by atoms with Crippen LogP contribution in [0, 0.1) is 5.82 Å². The number of urea groups is 1. The minimum absolute atomic E-state index is 0.257. The Morgan fingerprint density at radius 2 is 2.23 bits per heavy atom. The predicted molar refractivity (Wildman–Crippen MR) is 88.4 cm³/mol. The normalized spacial score (nSPS) is 10.9. The molecule has 0 spiro atoms. The first-order valence-corrected chi connectivity index (χ1v) is 7.54. The third-order valence-electron chi connectivity index (χ3n) is 3.15. The van der Waals surface area contributed by atoms with Crippen LogP contribution >= 0.6 is 11.3 Å². The number of aryl methyl sites for hydroxylation is 1. The van der Waals surface area contributed by atoms with E-state index in [1.807, 2.05) is 42.0 Å². The number of carbonyl (C=O) groups excluding carboxylic acids is 1. The number of nitrogens with zero attached hydrogens (tertiary/aromatic N) is 1. The Labute approximate surface area is 132 Å². The minimum Gasteiger partial charge on any atom is -0.274 e. The summed E-state index contributed by atoms with van der Waals surface area (Å²) in [6, 6.07) is 5.82. The monoisotopic (exact) mass is 320 g/mol. The number of thiophene rings is 1. The summed E-state index contributed by atoms with van der Waals surface area (Å²) in [6.07, 6.45) is 4.32. The summed E-state index contributed by atoms with van der Waals surface area (Å²) in [5.74, 6) is 10.4. The van der Waals surface area contributed by atoms with Crippen LogP contribution in [0.15, 0.2) is 29.6 Å². The van der Waals surface area contributed by atoms with E-state index in [-0.39, 0.29) is 5.69 Å². The number of carbonyl (C=O) groups is 1. The van der Waals surface area contributed by atoms with E-state index in [4.69, 9.17) is 11.7 Å². The molecule has 5 nitrogen and oxygen atoms in total. The van der Waals surface area contributed by atoms with Crippen LogP contribution in [0.2, 0.25) is 0 Å². The van der Waals surface area contributed by atoms with Crippen molar-refractivity contribution in [3.05, 3.63) is 51.5 Å². The van der Waals surface area contributed by atoms with Gasteiger partial charge in [-0.2, -0.15) is 0 Å². The van der Waals surface area contributed by atoms with Crippen LogP contribution in [-0.2, 0) is 6.42 Å². The van der Waals surface area contributed by atoms with E-state index in [1.165, 1.54) is 12.1 Å². The molecule has 2 amide bonds. The number of anilines is 1. The molecular weight excluding hydrogens is 303 g/mol. The molecular formula is C15H17FN4OS. The van der Waals surface area contributed by atoms with Crippen molar-refractivity contribution in [2.75, 3.05) is 5.01 Å². The summed E-state index contributed by atoms with van der Waals surface area (Å²) >= 11 is 1.58. The molecule has 0 aliphatic heterocycles.